The lowest BCUT2D eigenvalue weighted by Crippen LogP contribution is -2.26. The number of halogens is 2. The second-order valence-electron chi connectivity index (χ2n) is 4.51. The van der Waals surface area contributed by atoms with E-state index < -0.39 is 0 Å². The van der Waals surface area contributed by atoms with E-state index >= 15 is 0 Å². The van der Waals surface area contributed by atoms with Gasteiger partial charge in [0, 0.05) is 31.8 Å². The van der Waals surface area contributed by atoms with E-state index in [0.717, 1.165) is 30.7 Å². The molecule has 0 aromatic carbocycles. The van der Waals surface area contributed by atoms with E-state index in [0.29, 0.717) is 13.0 Å². The van der Waals surface area contributed by atoms with Crippen LogP contribution < -0.4 is 10.6 Å². The molecule has 2 aromatic heterocycles. The summed E-state index contributed by atoms with van der Waals surface area (Å²) in [6, 6.07) is 5.91. The van der Waals surface area contributed by atoms with E-state index in [2.05, 4.69) is 15.6 Å². The van der Waals surface area contributed by atoms with Crippen LogP contribution in [0.4, 0.5) is 0 Å². The summed E-state index contributed by atoms with van der Waals surface area (Å²) in [5, 5.41) is 5.95. The minimum Gasteiger partial charge on any atom is -0.356 e. The quantitative estimate of drug-likeness (QED) is 0.760. The Bertz CT molecular complexity index is 512. The first-order valence-corrected chi connectivity index (χ1v) is 6.63. The van der Waals surface area contributed by atoms with Crippen LogP contribution in [-0.4, -0.2) is 35.4 Å². The molecule has 2 N–H and O–H groups in total. The van der Waals surface area contributed by atoms with Crippen molar-refractivity contribution in [3.8, 4) is 0 Å². The smallest absolute Gasteiger partial charge is 0.220 e. The van der Waals surface area contributed by atoms with Crippen molar-refractivity contribution >= 4 is 36.4 Å². The van der Waals surface area contributed by atoms with Gasteiger partial charge in [-0.25, -0.2) is 4.98 Å². The van der Waals surface area contributed by atoms with Crippen molar-refractivity contribution in [2.75, 3.05) is 20.1 Å². The van der Waals surface area contributed by atoms with Crippen molar-refractivity contribution in [2.24, 2.45) is 0 Å². The molecule has 0 aliphatic rings. The number of nitrogens with zero attached hydrogens (tertiary/aromatic N) is 2. The third kappa shape index (κ3) is 6.33. The SMILES string of the molecule is CNCCCC(=O)NCCc1cn2ccccc2n1.Cl.Cl. The largest absolute Gasteiger partial charge is 0.356 e. The highest BCUT2D eigenvalue weighted by atomic mass is 35.5. The van der Waals surface area contributed by atoms with E-state index in [1.165, 1.54) is 0 Å². The molecule has 0 spiro atoms. The molecule has 5 nitrogen and oxygen atoms in total. The zero-order chi connectivity index (χ0) is 13.5. The molecule has 0 saturated carbocycles. The third-order valence-corrected chi connectivity index (χ3v) is 2.95. The fourth-order valence-corrected chi connectivity index (χ4v) is 1.95. The molecule has 0 bridgehead atoms. The number of amides is 1. The molecule has 0 unspecified atom stereocenters. The van der Waals surface area contributed by atoms with E-state index in [4.69, 9.17) is 0 Å². The summed E-state index contributed by atoms with van der Waals surface area (Å²) in [6.07, 6.45) is 6.19. The van der Waals surface area contributed by atoms with Gasteiger partial charge in [-0.05, 0) is 32.1 Å². The number of imidazole rings is 1. The Hall–Kier alpha value is -1.30. The molecular weight excluding hydrogens is 311 g/mol. The van der Waals surface area contributed by atoms with Crippen LogP contribution in [0.2, 0.25) is 0 Å². The molecule has 0 aliphatic carbocycles. The summed E-state index contributed by atoms with van der Waals surface area (Å²) in [4.78, 5) is 16.0. The van der Waals surface area contributed by atoms with Gasteiger partial charge in [-0.15, -0.1) is 24.8 Å². The minimum absolute atomic E-state index is 0. The van der Waals surface area contributed by atoms with Crippen molar-refractivity contribution < 1.29 is 4.79 Å². The predicted molar refractivity (Wildman–Crippen MR) is 89.6 cm³/mol. The average molecular weight is 333 g/mol. The average Bonchev–Trinajstić information content (AvgIpc) is 2.81. The predicted octanol–water partition coefficient (Wildman–Crippen LogP) is 1.84. The topological polar surface area (TPSA) is 58.4 Å². The van der Waals surface area contributed by atoms with Gasteiger partial charge in [0.1, 0.15) is 5.65 Å². The fraction of sp³-hybridized carbons (Fsp3) is 0.429. The zero-order valence-corrected chi connectivity index (χ0v) is 13.7. The summed E-state index contributed by atoms with van der Waals surface area (Å²) in [6.45, 7) is 1.52. The van der Waals surface area contributed by atoms with Gasteiger partial charge in [0.05, 0.1) is 5.69 Å². The number of aromatic nitrogens is 2. The molecular formula is C14H22Cl2N4O. The standard InChI is InChI=1S/C14H20N4O.2ClH/c1-15-8-4-6-14(19)16-9-7-12-11-18-10-3-2-5-13(18)17-12;;/h2-3,5,10-11,15H,4,6-9H2,1H3,(H,16,19);2*1H. The molecule has 1 amide bonds. The number of fused-ring (bicyclic) bond motifs is 1. The number of carbonyl (C=O) groups is 1. The van der Waals surface area contributed by atoms with E-state index in [1.54, 1.807) is 0 Å². The van der Waals surface area contributed by atoms with E-state index in [1.807, 2.05) is 42.0 Å². The number of rotatable bonds is 7. The normalized spacial score (nSPS) is 9.76. The first kappa shape index (κ1) is 19.7. The van der Waals surface area contributed by atoms with Crippen molar-refractivity contribution in [1.82, 2.24) is 20.0 Å². The molecule has 0 radical (unpaired) electrons. The molecule has 0 saturated heterocycles. The fourth-order valence-electron chi connectivity index (χ4n) is 1.95. The lowest BCUT2D eigenvalue weighted by molar-refractivity contribution is -0.121. The zero-order valence-electron chi connectivity index (χ0n) is 12.0. The van der Waals surface area contributed by atoms with Gasteiger partial charge >= 0.3 is 0 Å². The van der Waals surface area contributed by atoms with Crippen molar-refractivity contribution in [3.05, 3.63) is 36.3 Å². The second-order valence-corrected chi connectivity index (χ2v) is 4.51. The van der Waals surface area contributed by atoms with Gasteiger partial charge in [0.25, 0.3) is 0 Å². The molecule has 118 valence electrons. The van der Waals surface area contributed by atoms with Crippen LogP contribution in [0.1, 0.15) is 18.5 Å². The highest BCUT2D eigenvalue weighted by molar-refractivity contribution is 5.85. The number of nitrogens with one attached hydrogen (secondary N) is 2. The Morgan fingerprint density at radius 3 is 2.81 bits per heavy atom. The number of hydrogen-bond acceptors (Lipinski definition) is 3. The molecule has 21 heavy (non-hydrogen) atoms. The Kier molecular flexibility index (Phi) is 9.78. The van der Waals surface area contributed by atoms with Gasteiger partial charge < -0.3 is 15.0 Å². The van der Waals surface area contributed by atoms with Gasteiger partial charge in [0.2, 0.25) is 5.91 Å². The van der Waals surface area contributed by atoms with Crippen LogP contribution in [0.5, 0.6) is 0 Å². The first-order chi connectivity index (χ1) is 9.29. The van der Waals surface area contributed by atoms with Crippen molar-refractivity contribution in [3.63, 3.8) is 0 Å². The second kappa shape index (κ2) is 10.4. The molecule has 2 heterocycles. The lowest BCUT2D eigenvalue weighted by atomic mass is 10.3. The summed E-state index contributed by atoms with van der Waals surface area (Å²) in [5.74, 6) is 0.110. The van der Waals surface area contributed by atoms with Crippen molar-refractivity contribution in [2.45, 2.75) is 19.3 Å². The molecule has 2 aromatic rings. The highest BCUT2D eigenvalue weighted by Gasteiger charge is 2.03. The Balaban J connectivity index is 0.00000200. The summed E-state index contributed by atoms with van der Waals surface area (Å²) >= 11 is 0. The van der Waals surface area contributed by atoms with Gasteiger partial charge in [0.15, 0.2) is 0 Å². The van der Waals surface area contributed by atoms with Gasteiger partial charge in [-0.2, -0.15) is 0 Å². The van der Waals surface area contributed by atoms with Crippen LogP contribution in [0.25, 0.3) is 5.65 Å². The number of carbonyl (C=O) groups excluding carboxylic acids is 1. The summed E-state index contributed by atoms with van der Waals surface area (Å²) < 4.78 is 1.99. The molecule has 7 heteroatoms. The van der Waals surface area contributed by atoms with E-state index in [9.17, 15) is 4.79 Å². The maximum absolute atomic E-state index is 11.5. The van der Waals surface area contributed by atoms with Crippen LogP contribution >= 0.6 is 24.8 Å². The maximum atomic E-state index is 11.5. The molecule has 0 fully saturated rings. The number of hydrogen-bond donors (Lipinski definition) is 2. The van der Waals surface area contributed by atoms with E-state index in [-0.39, 0.29) is 30.7 Å². The Morgan fingerprint density at radius 1 is 1.29 bits per heavy atom. The lowest BCUT2D eigenvalue weighted by Gasteiger charge is -2.03. The monoisotopic (exact) mass is 332 g/mol. The summed E-state index contributed by atoms with van der Waals surface area (Å²) in [5.41, 5.74) is 1.94. The minimum atomic E-state index is 0. The van der Waals surface area contributed by atoms with Gasteiger partial charge in [-0.3, -0.25) is 4.79 Å². The Labute approximate surface area is 137 Å². The van der Waals surface area contributed by atoms with Crippen molar-refractivity contribution in [1.29, 1.82) is 0 Å². The van der Waals surface area contributed by atoms with Gasteiger partial charge in [-0.1, -0.05) is 6.07 Å². The van der Waals surface area contributed by atoms with Crippen LogP contribution in [-0.2, 0) is 11.2 Å². The molecule has 0 atom stereocenters. The third-order valence-electron chi connectivity index (χ3n) is 2.95. The first-order valence-electron chi connectivity index (χ1n) is 6.63. The molecule has 0 aliphatic heterocycles. The van der Waals surface area contributed by atoms with Crippen LogP contribution in [0.15, 0.2) is 30.6 Å². The maximum Gasteiger partial charge on any atom is 0.220 e. The Morgan fingerprint density at radius 2 is 2.10 bits per heavy atom. The van der Waals surface area contributed by atoms with Crippen LogP contribution in [0.3, 0.4) is 0 Å². The highest BCUT2D eigenvalue weighted by Crippen LogP contribution is 2.04. The molecule has 2 rings (SSSR count). The summed E-state index contributed by atoms with van der Waals surface area (Å²) in [7, 11) is 1.89. The van der Waals surface area contributed by atoms with Crippen LogP contribution in [0, 0.1) is 0 Å². The number of pyridine rings is 1.